The standard InChI is InChI=1S/C24H32N4O3/c1-17-20(22(30)27-23(31)25-17)15-21(29)26-19-9-13-28(14-10-19)16-24(11-5-6-12-24)18-7-3-2-4-8-18/h2-4,7-8,19H,5-6,9-16H2,1H3,(H,26,29)(H2,25,27,30,31). The fraction of sp³-hybridized carbons (Fsp3) is 0.542. The molecule has 2 heterocycles. The average molecular weight is 425 g/mol. The first-order chi connectivity index (χ1) is 14.9. The zero-order valence-electron chi connectivity index (χ0n) is 18.2. The van der Waals surface area contributed by atoms with Gasteiger partial charge in [-0.3, -0.25) is 14.6 Å². The summed E-state index contributed by atoms with van der Waals surface area (Å²) in [4.78, 5) is 43.1. The van der Waals surface area contributed by atoms with Crippen LogP contribution < -0.4 is 16.6 Å². The Kier molecular flexibility index (Phi) is 6.41. The lowest BCUT2D eigenvalue weighted by Crippen LogP contribution is -2.48. The predicted molar refractivity (Wildman–Crippen MR) is 120 cm³/mol. The molecule has 1 aliphatic heterocycles. The Bertz CT molecular complexity index is 1010. The fourth-order valence-corrected chi connectivity index (χ4v) is 5.32. The minimum Gasteiger partial charge on any atom is -0.353 e. The molecule has 7 heteroatoms. The van der Waals surface area contributed by atoms with Crippen molar-refractivity contribution in [1.82, 2.24) is 20.2 Å². The van der Waals surface area contributed by atoms with Crippen LogP contribution in [0, 0.1) is 6.92 Å². The molecule has 1 aromatic heterocycles. The Morgan fingerprint density at radius 2 is 1.77 bits per heavy atom. The molecule has 2 aliphatic rings. The molecule has 0 bridgehead atoms. The molecular formula is C24H32N4O3. The highest BCUT2D eigenvalue weighted by atomic mass is 16.2. The number of carbonyl (C=O) groups excluding carboxylic acids is 1. The number of benzene rings is 1. The summed E-state index contributed by atoms with van der Waals surface area (Å²) in [6.45, 7) is 4.67. The zero-order chi connectivity index (χ0) is 21.8. The van der Waals surface area contributed by atoms with Gasteiger partial charge < -0.3 is 15.2 Å². The summed E-state index contributed by atoms with van der Waals surface area (Å²) in [5.74, 6) is -0.171. The quantitative estimate of drug-likeness (QED) is 0.661. The van der Waals surface area contributed by atoms with Crippen LogP contribution in [0.4, 0.5) is 0 Å². The number of likely N-dealkylation sites (tertiary alicyclic amines) is 1. The molecule has 0 atom stereocenters. The maximum atomic E-state index is 12.5. The lowest BCUT2D eigenvalue weighted by atomic mass is 9.78. The van der Waals surface area contributed by atoms with Crippen LogP contribution >= 0.6 is 0 Å². The average Bonchev–Trinajstić information content (AvgIpc) is 3.22. The SMILES string of the molecule is Cc1[nH]c(=O)[nH]c(=O)c1CC(=O)NC1CCN(CC2(c3ccccc3)CCCC2)CC1. The smallest absolute Gasteiger partial charge is 0.325 e. The van der Waals surface area contributed by atoms with Gasteiger partial charge in [0.05, 0.1) is 6.42 Å². The fourth-order valence-electron chi connectivity index (χ4n) is 5.32. The molecule has 7 nitrogen and oxygen atoms in total. The van der Waals surface area contributed by atoms with E-state index in [0.29, 0.717) is 11.3 Å². The van der Waals surface area contributed by atoms with Crippen molar-refractivity contribution in [3.05, 3.63) is 68.0 Å². The lowest BCUT2D eigenvalue weighted by molar-refractivity contribution is -0.121. The highest BCUT2D eigenvalue weighted by molar-refractivity contribution is 5.79. The van der Waals surface area contributed by atoms with E-state index < -0.39 is 11.2 Å². The normalized spacial score (nSPS) is 19.4. The molecule has 0 unspecified atom stereocenters. The number of H-pyrrole nitrogens is 2. The molecule has 31 heavy (non-hydrogen) atoms. The number of hydrogen-bond donors (Lipinski definition) is 3. The molecule has 1 aromatic carbocycles. The first kappa shape index (κ1) is 21.6. The van der Waals surface area contributed by atoms with Crippen molar-refractivity contribution in [2.45, 2.75) is 63.3 Å². The van der Waals surface area contributed by atoms with Gasteiger partial charge in [-0.05, 0) is 38.2 Å². The Morgan fingerprint density at radius 1 is 1.10 bits per heavy atom. The van der Waals surface area contributed by atoms with E-state index in [9.17, 15) is 14.4 Å². The highest BCUT2D eigenvalue weighted by Crippen LogP contribution is 2.42. The van der Waals surface area contributed by atoms with Gasteiger partial charge in [0.2, 0.25) is 5.91 Å². The van der Waals surface area contributed by atoms with E-state index in [2.05, 4.69) is 50.5 Å². The Labute approximate surface area is 182 Å². The van der Waals surface area contributed by atoms with Crippen molar-refractivity contribution in [2.24, 2.45) is 0 Å². The largest absolute Gasteiger partial charge is 0.353 e. The number of nitrogens with one attached hydrogen (secondary N) is 3. The molecule has 166 valence electrons. The highest BCUT2D eigenvalue weighted by Gasteiger charge is 2.37. The van der Waals surface area contributed by atoms with Gasteiger partial charge in [0.25, 0.3) is 5.56 Å². The second-order valence-electron chi connectivity index (χ2n) is 9.16. The van der Waals surface area contributed by atoms with Crippen LogP contribution in [-0.4, -0.2) is 46.5 Å². The number of piperidine rings is 1. The summed E-state index contributed by atoms with van der Waals surface area (Å²) in [7, 11) is 0. The molecule has 1 amide bonds. The van der Waals surface area contributed by atoms with E-state index in [-0.39, 0.29) is 23.8 Å². The maximum Gasteiger partial charge on any atom is 0.325 e. The maximum absolute atomic E-state index is 12.5. The number of aryl methyl sites for hydroxylation is 1. The molecule has 2 aromatic rings. The minimum atomic E-state index is -0.547. The van der Waals surface area contributed by atoms with E-state index in [1.54, 1.807) is 6.92 Å². The predicted octanol–water partition coefficient (Wildman–Crippen LogP) is 2.01. The zero-order valence-corrected chi connectivity index (χ0v) is 18.2. The molecule has 0 spiro atoms. The summed E-state index contributed by atoms with van der Waals surface area (Å²) in [5, 5.41) is 3.08. The van der Waals surface area contributed by atoms with Crippen molar-refractivity contribution in [2.75, 3.05) is 19.6 Å². The molecule has 4 rings (SSSR count). The van der Waals surface area contributed by atoms with Crippen molar-refractivity contribution in [1.29, 1.82) is 0 Å². The summed E-state index contributed by atoms with van der Waals surface area (Å²) in [6, 6.07) is 11.1. The first-order valence-electron chi connectivity index (χ1n) is 11.3. The third-order valence-corrected chi connectivity index (χ3v) is 7.02. The molecule has 1 saturated heterocycles. The summed E-state index contributed by atoms with van der Waals surface area (Å²) in [6.07, 6.45) is 6.90. The van der Waals surface area contributed by atoms with E-state index in [0.717, 1.165) is 32.5 Å². The Balaban J connectivity index is 1.31. The van der Waals surface area contributed by atoms with Crippen LogP contribution in [0.1, 0.15) is 55.3 Å². The van der Waals surface area contributed by atoms with Gasteiger partial charge in [-0.2, -0.15) is 0 Å². The number of rotatable bonds is 6. The van der Waals surface area contributed by atoms with Gasteiger partial charge in [0.1, 0.15) is 0 Å². The first-order valence-corrected chi connectivity index (χ1v) is 11.3. The Morgan fingerprint density at radius 3 is 2.42 bits per heavy atom. The van der Waals surface area contributed by atoms with Crippen LogP contribution in [0.2, 0.25) is 0 Å². The van der Waals surface area contributed by atoms with Gasteiger partial charge in [-0.25, -0.2) is 4.79 Å². The lowest BCUT2D eigenvalue weighted by Gasteiger charge is -2.39. The van der Waals surface area contributed by atoms with Gasteiger partial charge in [-0.1, -0.05) is 43.2 Å². The molecule has 1 aliphatic carbocycles. The minimum absolute atomic E-state index is 0.0186. The third-order valence-electron chi connectivity index (χ3n) is 7.02. The van der Waals surface area contributed by atoms with Crippen LogP contribution in [-0.2, 0) is 16.6 Å². The summed E-state index contributed by atoms with van der Waals surface area (Å²) in [5.41, 5.74) is 1.45. The van der Waals surface area contributed by atoms with Crippen LogP contribution in [0.5, 0.6) is 0 Å². The number of carbonyl (C=O) groups is 1. The molecule has 0 radical (unpaired) electrons. The number of amides is 1. The van der Waals surface area contributed by atoms with E-state index in [1.165, 1.54) is 31.2 Å². The van der Waals surface area contributed by atoms with E-state index in [1.807, 2.05) is 0 Å². The molecule has 3 N–H and O–H groups in total. The number of aromatic amines is 2. The van der Waals surface area contributed by atoms with Gasteiger partial charge in [0, 0.05) is 42.3 Å². The Hall–Kier alpha value is -2.67. The van der Waals surface area contributed by atoms with Crippen LogP contribution in [0.3, 0.4) is 0 Å². The second-order valence-corrected chi connectivity index (χ2v) is 9.16. The number of hydrogen-bond acceptors (Lipinski definition) is 4. The van der Waals surface area contributed by atoms with Crippen molar-refractivity contribution in [3.63, 3.8) is 0 Å². The van der Waals surface area contributed by atoms with Gasteiger partial charge in [0.15, 0.2) is 0 Å². The van der Waals surface area contributed by atoms with Gasteiger partial charge >= 0.3 is 5.69 Å². The van der Waals surface area contributed by atoms with Crippen molar-refractivity contribution < 1.29 is 4.79 Å². The second kappa shape index (κ2) is 9.22. The van der Waals surface area contributed by atoms with Gasteiger partial charge in [-0.15, -0.1) is 0 Å². The molecular weight excluding hydrogens is 392 g/mol. The monoisotopic (exact) mass is 424 g/mol. The molecule has 2 fully saturated rings. The topological polar surface area (TPSA) is 98.1 Å². The van der Waals surface area contributed by atoms with Crippen LogP contribution in [0.15, 0.2) is 39.9 Å². The number of nitrogens with zero attached hydrogens (tertiary/aromatic N) is 1. The van der Waals surface area contributed by atoms with Crippen molar-refractivity contribution >= 4 is 5.91 Å². The van der Waals surface area contributed by atoms with E-state index >= 15 is 0 Å². The third kappa shape index (κ3) is 4.98. The molecule has 1 saturated carbocycles. The summed E-state index contributed by atoms with van der Waals surface area (Å²) >= 11 is 0. The number of aromatic nitrogens is 2. The summed E-state index contributed by atoms with van der Waals surface area (Å²) < 4.78 is 0. The van der Waals surface area contributed by atoms with E-state index in [4.69, 9.17) is 0 Å². The van der Waals surface area contributed by atoms with Crippen molar-refractivity contribution in [3.8, 4) is 0 Å². The van der Waals surface area contributed by atoms with Crippen LogP contribution in [0.25, 0.3) is 0 Å².